The van der Waals surface area contributed by atoms with Crippen LogP contribution >= 0.6 is 0 Å². The fourth-order valence-corrected chi connectivity index (χ4v) is 3.73. The minimum Gasteiger partial charge on any atom is -0.492 e. The topological polar surface area (TPSA) is 84.7 Å². The van der Waals surface area contributed by atoms with Crippen LogP contribution in [0, 0.1) is 6.92 Å². The molecule has 0 radical (unpaired) electrons. The minimum absolute atomic E-state index is 0.190. The summed E-state index contributed by atoms with van der Waals surface area (Å²) in [7, 11) is 1.62. The predicted octanol–water partition coefficient (Wildman–Crippen LogP) is 1.88. The quantitative estimate of drug-likeness (QED) is 0.434. The van der Waals surface area contributed by atoms with Crippen LogP contribution in [-0.4, -0.2) is 42.9 Å². The summed E-state index contributed by atoms with van der Waals surface area (Å²) < 4.78 is 17.4. The summed E-state index contributed by atoms with van der Waals surface area (Å²) in [5.41, 5.74) is 1.63. The Bertz CT molecular complexity index is 1340. The SMILES string of the molecule is CCOCCn1c(=O)c2c(nc3n(-c4ccccc4OCC)c(C)cn23)n(C)c1=O. The molecule has 9 heteroatoms. The number of hydrogen-bond donors (Lipinski definition) is 0. The summed E-state index contributed by atoms with van der Waals surface area (Å²) in [5.74, 6) is 1.26. The second-order valence-electron chi connectivity index (χ2n) is 6.96. The lowest BCUT2D eigenvalue weighted by atomic mass is 10.3. The summed E-state index contributed by atoms with van der Waals surface area (Å²) in [6.07, 6.45) is 1.85. The van der Waals surface area contributed by atoms with Gasteiger partial charge in [-0.25, -0.2) is 4.79 Å². The zero-order valence-electron chi connectivity index (χ0n) is 17.6. The maximum atomic E-state index is 13.2. The van der Waals surface area contributed by atoms with Gasteiger partial charge in [-0.3, -0.25) is 22.9 Å². The number of rotatable bonds is 7. The molecule has 0 aliphatic heterocycles. The molecule has 0 fully saturated rings. The molecule has 0 saturated carbocycles. The Hall–Kier alpha value is -3.33. The van der Waals surface area contributed by atoms with Crippen LogP contribution in [0.15, 0.2) is 40.1 Å². The van der Waals surface area contributed by atoms with Crippen molar-refractivity contribution in [1.82, 2.24) is 23.1 Å². The van der Waals surface area contributed by atoms with E-state index >= 15 is 0 Å². The Morgan fingerprint density at radius 2 is 1.87 bits per heavy atom. The summed E-state index contributed by atoms with van der Waals surface area (Å²) in [4.78, 5) is 30.6. The van der Waals surface area contributed by atoms with E-state index < -0.39 is 5.69 Å². The second-order valence-corrected chi connectivity index (χ2v) is 6.96. The Kier molecular flexibility index (Phi) is 5.21. The van der Waals surface area contributed by atoms with Crippen molar-refractivity contribution >= 4 is 16.9 Å². The maximum Gasteiger partial charge on any atom is 0.332 e. The van der Waals surface area contributed by atoms with Crippen molar-refractivity contribution in [3.63, 3.8) is 0 Å². The van der Waals surface area contributed by atoms with Gasteiger partial charge >= 0.3 is 5.69 Å². The van der Waals surface area contributed by atoms with Crippen LogP contribution < -0.4 is 16.0 Å². The van der Waals surface area contributed by atoms with Crippen molar-refractivity contribution in [3.8, 4) is 11.4 Å². The van der Waals surface area contributed by atoms with Gasteiger partial charge in [0, 0.05) is 25.5 Å². The number of aromatic nitrogens is 5. The van der Waals surface area contributed by atoms with Gasteiger partial charge in [-0.15, -0.1) is 0 Å². The first-order valence-corrected chi connectivity index (χ1v) is 9.99. The van der Waals surface area contributed by atoms with Crippen LogP contribution in [0.5, 0.6) is 5.75 Å². The zero-order valence-corrected chi connectivity index (χ0v) is 17.6. The molecule has 0 N–H and O–H groups in total. The molecular formula is C21H25N5O4. The molecule has 4 aromatic rings. The first-order valence-electron chi connectivity index (χ1n) is 9.99. The summed E-state index contributed by atoms with van der Waals surface area (Å²) >= 11 is 0. The minimum atomic E-state index is -0.411. The van der Waals surface area contributed by atoms with Crippen LogP contribution in [0.25, 0.3) is 22.6 Å². The second kappa shape index (κ2) is 7.83. The fraction of sp³-hybridized carbons (Fsp3) is 0.381. The fourth-order valence-electron chi connectivity index (χ4n) is 3.73. The van der Waals surface area contributed by atoms with Gasteiger partial charge in [0.2, 0.25) is 5.78 Å². The Labute approximate surface area is 172 Å². The van der Waals surface area contributed by atoms with E-state index in [-0.39, 0.29) is 12.1 Å². The molecule has 0 atom stereocenters. The van der Waals surface area contributed by atoms with Crippen molar-refractivity contribution in [2.45, 2.75) is 27.3 Å². The average Bonchev–Trinajstić information content (AvgIpc) is 3.24. The lowest BCUT2D eigenvalue weighted by Gasteiger charge is -2.12. The van der Waals surface area contributed by atoms with Crippen molar-refractivity contribution < 1.29 is 9.47 Å². The third kappa shape index (κ3) is 3.02. The Morgan fingerprint density at radius 3 is 2.60 bits per heavy atom. The van der Waals surface area contributed by atoms with E-state index in [1.165, 1.54) is 9.13 Å². The highest BCUT2D eigenvalue weighted by molar-refractivity contribution is 5.76. The van der Waals surface area contributed by atoms with Crippen LogP contribution in [0.2, 0.25) is 0 Å². The standard InChI is InChI=1S/C21H25N5O4/c1-5-29-12-11-24-19(27)17-18(23(4)21(24)28)22-20-25(17)13-14(3)26(20)15-9-7-8-10-16(15)30-6-2/h7-10,13H,5-6,11-12H2,1-4H3. The Balaban J connectivity index is 2.01. The molecule has 0 bridgehead atoms. The normalized spacial score (nSPS) is 11.6. The smallest absolute Gasteiger partial charge is 0.332 e. The van der Waals surface area contributed by atoms with Crippen LogP contribution in [0.4, 0.5) is 0 Å². The van der Waals surface area contributed by atoms with E-state index in [1.54, 1.807) is 11.4 Å². The van der Waals surface area contributed by atoms with Crippen molar-refractivity contribution in [3.05, 3.63) is 57.0 Å². The lowest BCUT2D eigenvalue weighted by Crippen LogP contribution is -2.40. The number of aryl methyl sites for hydroxylation is 2. The number of benzene rings is 1. The predicted molar refractivity (Wildman–Crippen MR) is 114 cm³/mol. The Morgan fingerprint density at radius 1 is 1.10 bits per heavy atom. The average molecular weight is 411 g/mol. The van der Waals surface area contributed by atoms with Gasteiger partial charge in [0.25, 0.3) is 5.56 Å². The molecule has 4 rings (SSSR count). The summed E-state index contributed by atoms with van der Waals surface area (Å²) in [6.45, 7) is 7.28. The molecule has 0 amide bonds. The van der Waals surface area contributed by atoms with Gasteiger partial charge in [0.15, 0.2) is 11.2 Å². The number of fused-ring (bicyclic) bond motifs is 3. The molecule has 0 unspecified atom stereocenters. The maximum absolute atomic E-state index is 13.2. The number of ether oxygens (including phenoxy) is 2. The van der Waals surface area contributed by atoms with Gasteiger partial charge in [0.05, 0.1) is 25.4 Å². The molecule has 30 heavy (non-hydrogen) atoms. The highest BCUT2D eigenvalue weighted by Crippen LogP contribution is 2.27. The molecule has 0 aliphatic carbocycles. The molecule has 0 spiro atoms. The summed E-state index contributed by atoms with van der Waals surface area (Å²) in [6, 6.07) is 7.67. The third-order valence-corrected chi connectivity index (χ3v) is 5.10. The monoisotopic (exact) mass is 411 g/mol. The van der Waals surface area contributed by atoms with E-state index in [0.717, 1.165) is 17.1 Å². The molecule has 3 heterocycles. The highest BCUT2D eigenvalue weighted by atomic mass is 16.5. The van der Waals surface area contributed by atoms with Crippen molar-refractivity contribution in [2.24, 2.45) is 7.05 Å². The van der Waals surface area contributed by atoms with Gasteiger partial charge in [-0.2, -0.15) is 4.98 Å². The molecule has 0 saturated heterocycles. The molecule has 1 aromatic carbocycles. The molecule has 3 aromatic heterocycles. The number of para-hydroxylation sites is 2. The van der Waals surface area contributed by atoms with Gasteiger partial charge in [-0.1, -0.05) is 12.1 Å². The largest absolute Gasteiger partial charge is 0.492 e. The zero-order chi connectivity index (χ0) is 21.4. The number of imidazole rings is 2. The highest BCUT2D eigenvalue weighted by Gasteiger charge is 2.21. The molecule has 158 valence electrons. The third-order valence-electron chi connectivity index (χ3n) is 5.10. The van der Waals surface area contributed by atoms with Gasteiger partial charge in [0.1, 0.15) is 5.75 Å². The lowest BCUT2D eigenvalue weighted by molar-refractivity contribution is 0.137. The van der Waals surface area contributed by atoms with Crippen molar-refractivity contribution in [2.75, 3.05) is 19.8 Å². The first-order chi connectivity index (χ1) is 14.5. The molecule has 0 aliphatic rings. The van der Waals surface area contributed by atoms with Crippen LogP contribution in [0.1, 0.15) is 19.5 Å². The van der Waals surface area contributed by atoms with E-state index in [1.807, 2.05) is 55.8 Å². The van der Waals surface area contributed by atoms with Gasteiger partial charge in [-0.05, 0) is 32.9 Å². The van der Waals surface area contributed by atoms with E-state index in [9.17, 15) is 9.59 Å². The van der Waals surface area contributed by atoms with E-state index in [0.29, 0.717) is 36.8 Å². The van der Waals surface area contributed by atoms with E-state index in [2.05, 4.69) is 4.98 Å². The summed E-state index contributed by atoms with van der Waals surface area (Å²) in [5, 5.41) is 0. The van der Waals surface area contributed by atoms with Crippen molar-refractivity contribution in [1.29, 1.82) is 0 Å². The molecule has 9 nitrogen and oxygen atoms in total. The number of hydrogen-bond acceptors (Lipinski definition) is 5. The molecular weight excluding hydrogens is 386 g/mol. The van der Waals surface area contributed by atoms with Gasteiger partial charge < -0.3 is 9.47 Å². The number of nitrogens with zero attached hydrogens (tertiary/aromatic N) is 5. The van der Waals surface area contributed by atoms with Crippen LogP contribution in [0.3, 0.4) is 0 Å². The van der Waals surface area contributed by atoms with Crippen LogP contribution in [-0.2, 0) is 18.3 Å². The first kappa shape index (κ1) is 20.0. The van der Waals surface area contributed by atoms with E-state index in [4.69, 9.17) is 9.47 Å².